The van der Waals surface area contributed by atoms with Crippen LogP contribution in [0.5, 0.6) is 0 Å². The van der Waals surface area contributed by atoms with Crippen LogP contribution < -0.4 is 16.2 Å². The highest BCUT2D eigenvalue weighted by molar-refractivity contribution is 6.02. The Morgan fingerprint density at radius 2 is 2.15 bits per heavy atom. The molecule has 1 amide bonds. The number of anilines is 1. The first-order valence-corrected chi connectivity index (χ1v) is 8.05. The number of hydrogen-bond donors (Lipinski definition) is 3. The summed E-state index contributed by atoms with van der Waals surface area (Å²) < 4.78 is 6.51. The maximum Gasteiger partial charge on any atom is 0.339 e. The summed E-state index contributed by atoms with van der Waals surface area (Å²) in [7, 11) is 1.29. The molecule has 9 heteroatoms. The molecule has 3 N–H and O–H groups in total. The van der Waals surface area contributed by atoms with E-state index in [2.05, 4.69) is 21.2 Å². The van der Waals surface area contributed by atoms with E-state index in [1.807, 2.05) is 6.07 Å². The summed E-state index contributed by atoms with van der Waals surface area (Å²) in [6, 6.07) is 8.19. The molecule has 1 saturated heterocycles. The van der Waals surface area contributed by atoms with Crippen molar-refractivity contribution in [3.63, 3.8) is 0 Å². The number of nitriles is 1. The van der Waals surface area contributed by atoms with Gasteiger partial charge in [0.25, 0.3) is 0 Å². The molecule has 0 radical (unpaired) electrons. The maximum atomic E-state index is 12.5. The van der Waals surface area contributed by atoms with Gasteiger partial charge in [-0.1, -0.05) is 12.1 Å². The highest BCUT2D eigenvalue weighted by atomic mass is 16.5. The van der Waals surface area contributed by atoms with Crippen LogP contribution in [0.3, 0.4) is 0 Å². The smallest absolute Gasteiger partial charge is 0.339 e. The minimum Gasteiger partial charge on any atom is -0.465 e. The average molecular weight is 354 g/mol. The van der Waals surface area contributed by atoms with Gasteiger partial charge in [-0.05, 0) is 25.0 Å². The van der Waals surface area contributed by atoms with Gasteiger partial charge < -0.3 is 14.6 Å². The Labute approximate surface area is 149 Å². The molecule has 1 aliphatic heterocycles. The van der Waals surface area contributed by atoms with E-state index in [0.29, 0.717) is 29.8 Å². The normalized spacial score (nSPS) is 19.4. The van der Waals surface area contributed by atoms with Crippen LogP contribution in [0, 0.1) is 11.3 Å². The maximum absolute atomic E-state index is 12.5. The molecule has 0 saturated carbocycles. The molecule has 26 heavy (non-hydrogen) atoms. The molecule has 134 valence electrons. The summed E-state index contributed by atoms with van der Waals surface area (Å²) in [5.41, 5.74) is 7.06. The van der Waals surface area contributed by atoms with Gasteiger partial charge in [0.1, 0.15) is 12.1 Å². The van der Waals surface area contributed by atoms with Crippen molar-refractivity contribution in [2.24, 2.45) is 0 Å². The number of esters is 1. The van der Waals surface area contributed by atoms with E-state index in [4.69, 9.17) is 10.00 Å². The number of amides is 1. The first kappa shape index (κ1) is 17.6. The summed E-state index contributed by atoms with van der Waals surface area (Å²) in [6.07, 6.45) is 4.36. The molecular formula is C17H18N6O3. The number of carbonyl (C=O) groups excluding carboxylic acids is 2. The summed E-state index contributed by atoms with van der Waals surface area (Å²) in [5.74, 6) is -0.764. The second kappa shape index (κ2) is 7.77. The van der Waals surface area contributed by atoms with Crippen LogP contribution in [-0.4, -0.2) is 34.6 Å². The molecule has 1 aromatic carbocycles. The van der Waals surface area contributed by atoms with Gasteiger partial charge in [0.2, 0.25) is 5.91 Å². The lowest BCUT2D eigenvalue weighted by Crippen LogP contribution is -2.54. The summed E-state index contributed by atoms with van der Waals surface area (Å²) in [5, 5.41) is 11.6. The van der Waals surface area contributed by atoms with Crippen LogP contribution in [0.15, 0.2) is 36.8 Å². The van der Waals surface area contributed by atoms with Crippen LogP contribution in [0.25, 0.3) is 0 Å². The molecule has 2 aromatic rings. The number of aromatic nitrogens is 2. The minimum absolute atomic E-state index is 0.101. The Morgan fingerprint density at radius 1 is 1.35 bits per heavy atom. The third-order valence-corrected chi connectivity index (χ3v) is 4.14. The Hall–Kier alpha value is -3.22. The molecule has 1 fully saturated rings. The fraction of sp³-hybridized carbons (Fsp3) is 0.294. The van der Waals surface area contributed by atoms with Crippen LogP contribution in [-0.2, 0) is 9.53 Å². The Bertz CT molecular complexity index is 848. The standard InChI is InChI=1S/C17H18N6O3/c1-26-17(25)12-4-2-3-5-13(12)20-16(24)14-6-7-15(22-21-14)23-9-11(8-18)19-10-23/h2-5,9-10,14-15,21-22H,6-7H2,1H3,(H,20,24). The molecule has 3 rings (SSSR count). The van der Waals surface area contributed by atoms with E-state index >= 15 is 0 Å². The molecule has 0 aliphatic carbocycles. The van der Waals surface area contributed by atoms with Crippen LogP contribution in [0.4, 0.5) is 5.69 Å². The molecule has 1 aliphatic rings. The number of benzene rings is 1. The lowest BCUT2D eigenvalue weighted by atomic mass is 10.1. The van der Waals surface area contributed by atoms with Crippen LogP contribution in [0.2, 0.25) is 0 Å². The number of carbonyl (C=O) groups is 2. The van der Waals surface area contributed by atoms with Gasteiger partial charge in [-0.2, -0.15) is 5.26 Å². The van der Waals surface area contributed by atoms with Gasteiger partial charge in [-0.15, -0.1) is 0 Å². The second-order valence-electron chi connectivity index (χ2n) is 5.78. The number of imidazole rings is 1. The first-order valence-electron chi connectivity index (χ1n) is 8.05. The third-order valence-electron chi connectivity index (χ3n) is 4.14. The van der Waals surface area contributed by atoms with Crippen molar-refractivity contribution >= 4 is 17.6 Å². The summed E-state index contributed by atoms with van der Waals surface area (Å²) in [6.45, 7) is 0. The lowest BCUT2D eigenvalue weighted by Gasteiger charge is -2.30. The summed E-state index contributed by atoms with van der Waals surface area (Å²) >= 11 is 0. The van der Waals surface area contributed by atoms with Gasteiger partial charge >= 0.3 is 5.97 Å². The molecule has 1 aromatic heterocycles. The van der Waals surface area contributed by atoms with E-state index in [1.54, 1.807) is 41.4 Å². The van der Waals surface area contributed by atoms with Crippen molar-refractivity contribution < 1.29 is 14.3 Å². The lowest BCUT2D eigenvalue weighted by molar-refractivity contribution is -0.119. The molecular weight excluding hydrogens is 336 g/mol. The van der Waals surface area contributed by atoms with Crippen molar-refractivity contribution in [1.82, 2.24) is 20.4 Å². The highest BCUT2D eigenvalue weighted by Gasteiger charge is 2.27. The zero-order chi connectivity index (χ0) is 18.5. The zero-order valence-corrected chi connectivity index (χ0v) is 14.1. The summed E-state index contributed by atoms with van der Waals surface area (Å²) in [4.78, 5) is 28.2. The number of hydrazine groups is 1. The van der Waals surface area contributed by atoms with Gasteiger partial charge in [0.15, 0.2) is 5.69 Å². The Balaban J connectivity index is 1.61. The molecule has 2 atom stereocenters. The quantitative estimate of drug-likeness (QED) is 0.699. The average Bonchev–Trinajstić information content (AvgIpc) is 3.17. The number of nitrogens with zero attached hydrogens (tertiary/aromatic N) is 3. The van der Waals surface area contributed by atoms with Gasteiger partial charge in [0.05, 0.1) is 30.9 Å². The Morgan fingerprint density at radius 3 is 2.81 bits per heavy atom. The number of nitrogens with one attached hydrogen (secondary N) is 3. The number of para-hydroxylation sites is 1. The molecule has 2 heterocycles. The Kier molecular flexibility index (Phi) is 5.26. The van der Waals surface area contributed by atoms with E-state index < -0.39 is 12.0 Å². The number of rotatable bonds is 4. The van der Waals surface area contributed by atoms with Gasteiger partial charge in [-0.3, -0.25) is 4.79 Å². The van der Waals surface area contributed by atoms with Crippen LogP contribution in [0.1, 0.15) is 35.1 Å². The highest BCUT2D eigenvalue weighted by Crippen LogP contribution is 2.20. The van der Waals surface area contributed by atoms with Gasteiger partial charge in [0, 0.05) is 6.20 Å². The molecule has 0 bridgehead atoms. The van der Waals surface area contributed by atoms with Crippen molar-refractivity contribution in [1.29, 1.82) is 5.26 Å². The largest absolute Gasteiger partial charge is 0.465 e. The van der Waals surface area contributed by atoms with Crippen molar-refractivity contribution in [2.75, 3.05) is 12.4 Å². The molecule has 2 unspecified atom stereocenters. The number of ether oxygens (including phenoxy) is 1. The fourth-order valence-electron chi connectivity index (χ4n) is 2.75. The number of methoxy groups -OCH3 is 1. The zero-order valence-electron chi connectivity index (χ0n) is 14.1. The predicted molar refractivity (Wildman–Crippen MR) is 91.7 cm³/mol. The second-order valence-corrected chi connectivity index (χ2v) is 5.78. The van der Waals surface area contributed by atoms with Crippen LogP contribution >= 0.6 is 0 Å². The van der Waals surface area contributed by atoms with E-state index in [1.165, 1.54) is 7.11 Å². The van der Waals surface area contributed by atoms with Gasteiger partial charge in [-0.25, -0.2) is 20.6 Å². The van der Waals surface area contributed by atoms with E-state index in [0.717, 1.165) is 0 Å². The minimum atomic E-state index is -0.510. The molecule has 0 spiro atoms. The third kappa shape index (κ3) is 3.72. The number of hydrogen-bond acceptors (Lipinski definition) is 7. The topological polar surface area (TPSA) is 121 Å². The van der Waals surface area contributed by atoms with Crippen molar-refractivity contribution in [2.45, 2.75) is 25.0 Å². The van der Waals surface area contributed by atoms with E-state index in [-0.39, 0.29) is 12.1 Å². The fourth-order valence-corrected chi connectivity index (χ4v) is 2.75. The van der Waals surface area contributed by atoms with Crippen molar-refractivity contribution in [3.8, 4) is 6.07 Å². The SMILES string of the molecule is COC(=O)c1ccccc1NC(=O)C1CCC(n2cnc(C#N)c2)NN1. The van der Waals surface area contributed by atoms with E-state index in [9.17, 15) is 9.59 Å². The van der Waals surface area contributed by atoms with Crippen molar-refractivity contribution in [3.05, 3.63) is 48.0 Å². The predicted octanol–water partition coefficient (Wildman–Crippen LogP) is 0.935. The first-order chi connectivity index (χ1) is 12.6. The molecule has 9 nitrogen and oxygen atoms in total. The monoisotopic (exact) mass is 354 g/mol.